The van der Waals surface area contributed by atoms with E-state index in [4.69, 9.17) is 4.74 Å². The van der Waals surface area contributed by atoms with E-state index in [0.29, 0.717) is 12.5 Å². The molecule has 0 amide bonds. The van der Waals surface area contributed by atoms with Gasteiger partial charge in [-0.25, -0.2) is 0 Å². The Kier molecular flexibility index (Phi) is 4.22. The van der Waals surface area contributed by atoms with Crippen LogP contribution in [0.5, 0.6) is 0 Å². The van der Waals surface area contributed by atoms with E-state index in [0.717, 1.165) is 29.7 Å². The minimum absolute atomic E-state index is 0.0478. The number of halogens is 1. The van der Waals surface area contributed by atoms with Gasteiger partial charge in [-0.15, -0.1) is 0 Å². The zero-order chi connectivity index (χ0) is 13.2. The highest BCUT2D eigenvalue weighted by Crippen LogP contribution is 2.25. The van der Waals surface area contributed by atoms with Crippen LogP contribution in [0.2, 0.25) is 0 Å². The summed E-state index contributed by atoms with van der Waals surface area (Å²) in [6, 6.07) is 8.71. The molecule has 2 saturated heterocycles. The summed E-state index contributed by atoms with van der Waals surface area (Å²) in [7, 11) is 0. The Bertz CT molecular complexity index is 440. The Morgan fingerprint density at radius 3 is 3.21 bits per heavy atom. The van der Waals surface area contributed by atoms with E-state index in [2.05, 4.69) is 33.0 Å². The summed E-state index contributed by atoms with van der Waals surface area (Å²) in [5.41, 5.74) is 1.15. The van der Waals surface area contributed by atoms with Gasteiger partial charge in [0.15, 0.2) is 0 Å². The number of aliphatic hydroxyl groups excluding tert-OH is 1. The second-order valence-corrected chi connectivity index (χ2v) is 6.48. The summed E-state index contributed by atoms with van der Waals surface area (Å²) < 4.78 is 6.91. The molecule has 0 bridgehead atoms. The molecular weight excluding hydrogens is 306 g/mol. The van der Waals surface area contributed by atoms with Crippen LogP contribution in [-0.2, 0) is 11.2 Å². The molecule has 3 unspecified atom stereocenters. The normalized spacial score (nSPS) is 29.2. The quantitative estimate of drug-likeness (QED) is 0.924. The van der Waals surface area contributed by atoms with Crippen molar-refractivity contribution in [2.45, 2.75) is 37.5 Å². The summed E-state index contributed by atoms with van der Waals surface area (Å²) in [5.74, 6) is 0. The highest BCUT2D eigenvalue weighted by atomic mass is 79.9. The topological polar surface area (TPSA) is 32.7 Å². The van der Waals surface area contributed by atoms with Gasteiger partial charge in [0.2, 0.25) is 0 Å². The first-order valence-corrected chi connectivity index (χ1v) is 7.80. The van der Waals surface area contributed by atoms with Crippen LogP contribution in [0.4, 0.5) is 0 Å². The fraction of sp³-hybridized carbons (Fsp3) is 0.600. The maximum absolute atomic E-state index is 10.4. The molecule has 0 aliphatic carbocycles. The van der Waals surface area contributed by atoms with Gasteiger partial charge in [0.1, 0.15) is 0 Å². The van der Waals surface area contributed by atoms with Crippen molar-refractivity contribution in [2.24, 2.45) is 0 Å². The van der Waals surface area contributed by atoms with Crippen molar-refractivity contribution in [1.82, 2.24) is 4.90 Å². The summed E-state index contributed by atoms with van der Waals surface area (Å²) in [6.45, 7) is 2.81. The van der Waals surface area contributed by atoms with Crippen LogP contribution in [-0.4, -0.2) is 48.0 Å². The molecule has 0 radical (unpaired) electrons. The molecule has 0 spiro atoms. The smallest absolute Gasteiger partial charge is 0.0964 e. The maximum atomic E-state index is 10.4. The Labute approximate surface area is 122 Å². The molecule has 3 nitrogen and oxygen atoms in total. The van der Waals surface area contributed by atoms with Crippen molar-refractivity contribution in [1.29, 1.82) is 0 Å². The average molecular weight is 326 g/mol. The lowest BCUT2D eigenvalue weighted by Crippen LogP contribution is -2.50. The number of benzene rings is 1. The van der Waals surface area contributed by atoms with E-state index in [9.17, 15) is 5.11 Å². The highest BCUT2D eigenvalue weighted by molar-refractivity contribution is 9.10. The standard InChI is InChI=1S/C15H20BrNO2/c16-12-4-1-3-11(7-12)8-14(18)15-9-17-6-2-5-13(17)10-19-15/h1,3-4,7,13-15,18H,2,5-6,8-10H2. The van der Waals surface area contributed by atoms with Gasteiger partial charge in [-0.3, -0.25) is 4.90 Å². The van der Waals surface area contributed by atoms with Gasteiger partial charge in [0.25, 0.3) is 0 Å². The number of aliphatic hydroxyl groups is 1. The molecule has 0 aromatic heterocycles. The molecule has 2 aliphatic heterocycles. The summed E-state index contributed by atoms with van der Waals surface area (Å²) in [5, 5.41) is 10.4. The van der Waals surface area contributed by atoms with E-state index in [1.54, 1.807) is 0 Å². The van der Waals surface area contributed by atoms with Crippen molar-refractivity contribution in [3.05, 3.63) is 34.3 Å². The van der Waals surface area contributed by atoms with Crippen LogP contribution >= 0.6 is 15.9 Å². The minimum Gasteiger partial charge on any atom is -0.390 e. The predicted molar refractivity (Wildman–Crippen MR) is 78.2 cm³/mol. The van der Waals surface area contributed by atoms with Crippen LogP contribution in [0.15, 0.2) is 28.7 Å². The van der Waals surface area contributed by atoms with E-state index in [1.807, 2.05) is 12.1 Å². The van der Waals surface area contributed by atoms with Crippen LogP contribution in [0.1, 0.15) is 18.4 Å². The first kappa shape index (κ1) is 13.6. The SMILES string of the molecule is OC(Cc1cccc(Br)c1)C1CN2CCCC2CO1. The number of nitrogens with zero attached hydrogens (tertiary/aromatic N) is 1. The predicted octanol–water partition coefficient (Wildman–Crippen LogP) is 2.22. The Balaban J connectivity index is 1.59. The molecule has 2 aliphatic rings. The first-order chi connectivity index (χ1) is 9.22. The van der Waals surface area contributed by atoms with E-state index >= 15 is 0 Å². The molecular formula is C15H20BrNO2. The molecule has 0 saturated carbocycles. The van der Waals surface area contributed by atoms with Crippen molar-refractivity contribution in [3.8, 4) is 0 Å². The lowest BCUT2D eigenvalue weighted by atomic mass is 10.0. The maximum Gasteiger partial charge on any atom is 0.0964 e. The Morgan fingerprint density at radius 1 is 1.47 bits per heavy atom. The monoisotopic (exact) mass is 325 g/mol. The summed E-state index contributed by atoms with van der Waals surface area (Å²) in [6.07, 6.45) is 2.70. The molecule has 1 N–H and O–H groups in total. The fourth-order valence-corrected chi connectivity index (χ4v) is 3.56. The zero-order valence-electron chi connectivity index (χ0n) is 11.0. The molecule has 2 fully saturated rings. The molecule has 3 rings (SSSR count). The van der Waals surface area contributed by atoms with Gasteiger partial charge in [-0.1, -0.05) is 28.1 Å². The number of rotatable bonds is 3. The molecule has 2 heterocycles. The number of hydrogen-bond acceptors (Lipinski definition) is 3. The first-order valence-electron chi connectivity index (χ1n) is 7.00. The number of hydrogen-bond donors (Lipinski definition) is 1. The highest BCUT2D eigenvalue weighted by Gasteiger charge is 2.35. The molecule has 1 aromatic carbocycles. The van der Waals surface area contributed by atoms with Crippen molar-refractivity contribution in [2.75, 3.05) is 19.7 Å². The van der Waals surface area contributed by atoms with E-state index in [-0.39, 0.29) is 6.10 Å². The lowest BCUT2D eigenvalue weighted by molar-refractivity contribution is -0.101. The van der Waals surface area contributed by atoms with Crippen LogP contribution in [0.3, 0.4) is 0 Å². The largest absolute Gasteiger partial charge is 0.390 e. The second kappa shape index (κ2) is 5.92. The van der Waals surface area contributed by atoms with Crippen molar-refractivity contribution < 1.29 is 9.84 Å². The molecule has 19 heavy (non-hydrogen) atoms. The van der Waals surface area contributed by atoms with Gasteiger partial charge in [0, 0.05) is 23.5 Å². The van der Waals surface area contributed by atoms with Crippen molar-refractivity contribution >= 4 is 15.9 Å². The number of ether oxygens (including phenoxy) is 1. The fourth-order valence-electron chi connectivity index (χ4n) is 3.11. The molecule has 4 heteroatoms. The summed E-state index contributed by atoms with van der Waals surface area (Å²) in [4.78, 5) is 2.47. The Morgan fingerprint density at radius 2 is 2.37 bits per heavy atom. The third-order valence-electron chi connectivity index (χ3n) is 4.18. The van der Waals surface area contributed by atoms with E-state index < -0.39 is 6.10 Å². The van der Waals surface area contributed by atoms with E-state index in [1.165, 1.54) is 12.8 Å². The summed E-state index contributed by atoms with van der Waals surface area (Å²) >= 11 is 3.46. The van der Waals surface area contributed by atoms with Gasteiger partial charge >= 0.3 is 0 Å². The van der Waals surface area contributed by atoms with Gasteiger partial charge in [-0.05, 0) is 37.1 Å². The zero-order valence-corrected chi connectivity index (χ0v) is 12.6. The van der Waals surface area contributed by atoms with Gasteiger partial charge in [-0.2, -0.15) is 0 Å². The molecule has 1 aromatic rings. The number of fused-ring (bicyclic) bond motifs is 1. The van der Waals surface area contributed by atoms with Gasteiger partial charge < -0.3 is 9.84 Å². The minimum atomic E-state index is -0.421. The lowest BCUT2D eigenvalue weighted by Gasteiger charge is -2.37. The molecule has 104 valence electrons. The second-order valence-electron chi connectivity index (χ2n) is 5.56. The molecule has 3 atom stereocenters. The van der Waals surface area contributed by atoms with Gasteiger partial charge in [0.05, 0.1) is 18.8 Å². The number of morpholine rings is 1. The van der Waals surface area contributed by atoms with Crippen molar-refractivity contribution in [3.63, 3.8) is 0 Å². The third kappa shape index (κ3) is 3.19. The van der Waals surface area contributed by atoms with Crippen LogP contribution < -0.4 is 0 Å². The third-order valence-corrected chi connectivity index (χ3v) is 4.67. The average Bonchev–Trinajstić information content (AvgIpc) is 2.85. The van der Waals surface area contributed by atoms with Crippen LogP contribution in [0.25, 0.3) is 0 Å². The Hall–Kier alpha value is -0.420. The van der Waals surface area contributed by atoms with Crippen LogP contribution in [0, 0.1) is 0 Å².